The van der Waals surface area contributed by atoms with E-state index in [-0.39, 0.29) is 11.9 Å². The fourth-order valence-corrected chi connectivity index (χ4v) is 2.01. The van der Waals surface area contributed by atoms with Crippen LogP contribution in [0.5, 0.6) is 0 Å². The number of hydrazone groups is 1. The van der Waals surface area contributed by atoms with E-state index >= 15 is 0 Å². The highest BCUT2D eigenvalue weighted by molar-refractivity contribution is 9.10. The number of hydrogen-bond donors (Lipinski definition) is 3. The zero-order chi connectivity index (χ0) is 13.5. The molecule has 1 atom stereocenters. The van der Waals surface area contributed by atoms with Gasteiger partial charge in [0.05, 0.1) is 10.5 Å². The van der Waals surface area contributed by atoms with E-state index in [0.29, 0.717) is 4.47 Å². The van der Waals surface area contributed by atoms with Crippen LogP contribution in [0.2, 0.25) is 0 Å². The van der Waals surface area contributed by atoms with Crippen molar-refractivity contribution in [3.63, 3.8) is 0 Å². The summed E-state index contributed by atoms with van der Waals surface area (Å²) in [5, 5.41) is 8.15. The third-order valence-electron chi connectivity index (χ3n) is 2.52. The Morgan fingerprint density at radius 1 is 1.61 bits per heavy atom. The Labute approximate surface area is 114 Å². The number of nitrogens with two attached hydrogens (primary N) is 2. The van der Waals surface area contributed by atoms with Crippen LogP contribution in [0.3, 0.4) is 0 Å². The molecule has 0 aliphatic carbocycles. The molecule has 1 rings (SSSR count). The molecule has 0 aliphatic rings. The molecule has 0 spiro atoms. The molecule has 0 aliphatic heterocycles. The van der Waals surface area contributed by atoms with Gasteiger partial charge in [-0.1, -0.05) is 6.07 Å². The van der Waals surface area contributed by atoms with E-state index in [1.54, 1.807) is 12.1 Å². The number of benzene rings is 1. The quantitative estimate of drug-likeness (QED) is 0.320. The summed E-state index contributed by atoms with van der Waals surface area (Å²) in [6.07, 6.45) is 1.85. The average molecular weight is 318 g/mol. The van der Waals surface area contributed by atoms with Crippen molar-refractivity contribution in [1.29, 1.82) is 0 Å². The summed E-state index contributed by atoms with van der Waals surface area (Å²) in [6.45, 7) is 0.757. The number of halogens is 2. The summed E-state index contributed by atoms with van der Waals surface area (Å²) in [7, 11) is 1.85. The Balaban J connectivity index is 2.96. The van der Waals surface area contributed by atoms with E-state index in [9.17, 15) is 4.39 Å². The van der Waals surface area contributed by atoms with E-state index in [1.165, 1.54) is 11.2 Å². The van der Waals surface area contributed by atoms with Crippen LogP contribution in [-0.2, 0) is 0 Å². The summed E-state index contributed by atoms with van der Waals surface area (Å²) in [5.41, 5.74) is 6.10. The topological polar surface area (TPSA) is 79.7 Å². The van der Waals surface area contributed by atoms with E-state index in [4.69, 9.17) is 11.6 Å². The van der Waals surface area contributed by atoms with Gasteiger partial charge in [-0.25, -0.2) is 15.4 Å². The Morgan fingerprint density at radius 2 is 2.33 bits per heavy atom. The molecular formula is C11H17BrFN5. The second kappa shape index (κ2) is 7.30. The Hall–Kier alpha value is -1.18. The lowest BCUT2D eigenvalue weighted by Gasteiger charge is -2.25. The molecule has 0 heterocycles. The van der Waals surface area contributed by atoms with Crippen LogP contribution in [0, 0.1) is 5.82 Å². The van der Waals surface area contributed by atoms with Gasteiger partial charge in [0.25, 0.3) is 0 Å². The van der Waals surface area contributed by atoms with Crippen LogP contribution in [0.15, 0.2) is 27.8 Å². The first-order valence-electron chi connectivity index (χ1n) is 5.47. The summed E-state index contributed by atoms with van der Waals surface area (Å²) in [6, 6.07) is 4.61. The molecule has 0 saturated carbocycles. The van der Waals surface area contributed by atoms with Crippen LogP contribution in [0.4, 0.5) is 4.39 Å². The number of nitrogens with one attached hydrogen (secondary N) is 1. The number of rotatable bonds is 6. The molecule has 1 aromatic rings. The van der Waals surface area contributed by atoms with Crippen molar-refractivity contribution in [3.05, 3.63) is 34.1 Å². The summed E-state index contributed by atoms with van der Waals surface area (Å²) in [4.78, 5) is 0. The Morgan fingerprint density at radius 3 is 2.89 bits per heavy atom. The predicted octanol–water partition coefficient (Wildman–Crippen LogP) is 1.32. The molecule has 0 radical (unpaired) electrons. The molecule has 5 nitrogen and oxygen atoms in total. The van der Waals surface area contributed by atoms with Crippen molar-refractivity contribution >= 4 is 22.3 Å². The van der Waals surface area contributed by atoms with E-state index in [2.05, 4.69) is 26.3 Å². The number of hydrazine groups is 1. The van der Waals surface area contributed by atoms with Gasteiger partial charge in [-0.2, -0.15) is 5.10 Å². The SMILES string of the molecule is CNCCC(c1ccc(F)c(Br)c1)N(N)/N=C\N. The predicted molar refractivity (Wildman–Crippen MR) is 74.1 cm³/mol. The third kappa shape index (κ3) is 3.94. The van der Waals surface area contributed by atoms with Gasteiger partial charge in [-0.3, -0.25) is 0 Å². The van der Waals surface area contributed by atoms with Crippen molar-refractivity contribution in [2.24, 2.45) is 16.7 Å². The van der Waals surface area contributed by atoms with Crippen molar-refractivity contribution in [2.45, 2.75) is 12.5 Å². The maximum Gasteiger partial charge on any atom is 0.137 e. The normalized spacial score (nSPS) is 12.9. The first kappa shape index (κ1) is 14.9. The fraction of sp³-hybridized carbons (Fsp3) is 0.364. The monoisotopic (exact) mass is 317 g/mol. The second-order valence-corrected chi connectivity index (χ2v) is 4.58. The molecule has 0 bridgehead atoms. The van der Waals surface area contributed by atoms with Crippen LogP contribution in [0.1, 0.15) is 18.0 Å². The van der Waals surface area contributed by atoms with E-state index < -0.39 is 0 Å². The van der Waals surface area contributed by atoms with Gasteiger partial charge in [-0.15, -0.1) is 0 Å². The maximum atomic E-state index is 13.2. The highest BCUT2D eigenvalue weighted by Gasteiger charge is 2.17. The molecule has 100 valence electrons. The third-order valence-corrected chi connectivity index (χ3v) is 3.12. The summed E-state index contributed by atoms with van der Waals surface area (Å²) < 4.78 is 13.6. The molecule has 7 heteroatoms. The molecule has 5 N–H and O–H groups in total. The highest BCUT2D eigenvalue weighted by Crippen LogP contribution is 2.26. The Bertz CT molecular complexity index is 412. The van der Waals surface area contributed by atoms with Crippen LogP contribution in [-0.4, -0.2) is 25.0 Å². The van der Waals surface area contributed by atoms with Gasteiger partial charge < -0.3 is 11.1 Å². The fourth-order valence-electron chi connectivity index (χ4n) is 1.61. The molecule has 18 heavy (non-hydrogen) atoms. The van der Waals surface area contributed by atoms with Gasteiger partial charge >= 0.3 is 0 Å². The first-order chi connectivity index (χ1) is 8.60. The lowest BCUT2D eigenvalue weighted by Crippen LogP contribution is -2.32. The van der Waals surface area contributed by atoms with Gasteiger partial charge in [0.1, 0.15) is 12.2 Å². The van der Waals surface area contributed by atoms with Crippen molar-refractivity contribution in [2.75, 3.05) is 13.6 Å². The zero-order valence-corrected chi connectivity index (χ0v) is 11.7. The second-order valence-electron chi connectivity index (χ2n) is 3.73. The van der Waals surface area contributed by atoms with Gasteiger partial charge in [-0.05, 0) is 53.6 Å². The average Bonchev–Trinajstić information content (AvgIpc) is 2.34. The van der Waals surface area contributed by atoms with E-state index in [0.717, 1.165) is 24.9 Å². The van der Waals surface area contributed by atoms with Gasteiger partial charge in [0.15, 0.2) is 0 Å². The largest absolute Gasteiger partial charge is 0.388 e. The maximum absolute atomic E-state index is 13.2. The first-order valence-corrected chi connectivity index (χ1v) is 6.27. The molecule has 0 fully saturated rings. The lowest BCUT2D eigenvalue weighted by molar-refractivity contribution is 0.201. The Kier molecular flexibility index (Phi) is 6.03. The zero-order valence-electron chi connectivity index (χ0n) is 10.1. The minimum absolute atomic E-state index is 0.172. The summed E-state index contributed by atoms with van der Waals surface area (Å²) in [5.74, 6) is 5.50. The molecule has 0 amide bonds. The van der Waals surface area contributed by atoms with Gasteiger partial charge in [0, 0.05) is 0 Å². The van der Waals surface area contributed by atoms with Gasteiger partial charge in [0.2, 0.25) is 0 Å². The lowest BCUT2D eigenvalue weighted by atomic mass is 10.0. The standard InChI is InChI=1S/C11H17BrFN5/c1-16-5-4-11(18(15)17-7-14)8-2-3-10(13)9(12)6-8/h2-3,6-7,11,16H,4-5,15H2,1H3,(H2,14,17). The molecular weight excluding hydrogens is 301 g/mol. The minimum Gasteiger partial charge on any atom is -0.388 e. The minimum atomic E-state index is -0.308. The smallest absolute Gasteiger partial charge is 0.137 e. The van der Waals surface area contributed by atoms with Crippen molar-refractivity contribution in [1.82, 2.24) is 10.4 Å². The van der Waals surface area contributed by atoms with Crippen LogP contribution < -0.4 is 16.9 Å². The van der Waals surface area contributed by atoms with Crippen LogP contribution >= 0.6 is 15.9 Å². The molecule has 0 aromatic heterocycles. The number of nitrogens with zero attached hydrogens (tertiary/aromatic N) is 2. The highest BCUT2D eigenvalue weighted by atomic mass is 79.9. The number of hydrogen-bond acceptors (Lipinski definition) is 4. The van der Waals surface area contributed by atoms with Crippen molar-refractivity contribution in [3.8, 4) is 0 Å². The molecule has 1 aromatic carbocycles. The summed E-state index contributed by atoms with van der Waals surface area (Å²) >= 11 is 3.16. The molecule has 0 saturated heterocycles. The van der Waals surface area contributed by atoms with Crippen molar-refractivity contribution < 1.29 is 4.39 Å². The van der Waals surface area contributed by atoms with Crippen LogP contribution in [0.25, 0.3) is 0 Å². The van der Waals surface area contributed by atoms with E-state index in [1.807, 2.05) is 7.05 Å². The molecule has 1 unspecified atom stereocenters.